The summed E-state index contributed by atoms with van der Waals surface area (Å²) in [6.07, 6.45) is 6.23. The molecule has 0 aliphatic heterocycles. The molecule has 0 amide bonds. The fourth-order valence-electron chi connectivity index (χ4n) is 2.61. The highest BCUT2D eigenvalue weighted by molar-refractivity contribution is 5.36. The van der Waals surface area contributed by atoms with E-state index in [1.807, 2.05) is 13.8 Å². The fourth-order valence-corrected chi connectivity index (χ4v) is 2.61. The maximum Gasteiger partial charge on any atom is 0.323 e. The average Bonchev–Trinajstić information content (AvgIpc) is 2.62. The van der Waals surface area contributed by atoms with Crippen LogP contribution in [0.15, 0.2) is 0 Å². The molecular weight excluding hydrogens is 266 g/mol. The molecule has 1 fully saturated rings. The molecule has 1 aromatic rings. The van der Waals surface area contributed by atoms with Crippen LogP contribution >= 0.6 is 0 Å². The summed E-state index contributed by atoms with van der Waals surface area (Å²) >= 11 is 0. The Morgan fingerprint density at radius 2 is 1.81 bits per heavy atom. The Bertz CT molecular complexity index is 452. The van der Waals surface area contributed by atoms with Gasteiger partial charge in [-0.15, -0.1) is 0 Å². The maximum absolute atomic E-state index is 5.59. The molecule has 6 nitrogen and oxygen atoms in total. The summed E-state index contributed by atoms with van der Waals surface area (Å²) in [5, 5.41) is 6.40. The van der Waals surface area contributed by atoms with Crippen LogP contribution in [0, 0.1) is 5.92 Å². The number of hydrogen-bond donors (Lipinski definition) is 2. The van der Waals surface area contributed by atoms with E-state index in [1.165, 1.54) is 32.1 Å². The van der Waals surface area contributed by atoms with E-state index in [0.29, 0.717) is 23.9 Å². The molecule has 2 rings (SSSR count). The van der Waals surface area contributed by atoms with E-state index in [4.69, 9.17) is 4.74 Å². The Balaban J connectivity index is 2.07. The molecule has 2 unspecified atom stereocenters. The third-order valence-electron chi connectivity index (χ3n) is 3.77. The standard InChI is InChI=1S/C15H27N5O/c1-10(2)21-15-19-13(16-4)18-14(20-15)17-12-7-5-6-11(3)8-9-12/h10-12H,5-9H2,1-4H3,(H2,16,17,18,19,20). The van der Waals surface area contributed by atoms with E-state index >= 15 is 0 Å². The van der Waals surface area contributed by atoms with Crippen molar-refractivity contribution in [2.45, 2.75) is 65.0 Å². The summed E-state index contributed by atoms with van der Waals surface area (Å²) < 4.78 is 5.59. The molecule has 0 saturated heterocycles. The first-order valence-corrected chi connectivity index (χ1v) is 7.94. The van der Waals surface area contributed by atoms with Gasteiger partial charge in [0, 0.05) is 13.1 Å². The lowest BCUT2D eigenvalue weighted by Gasteiger charge is -2.17. The minimum absolute atomic E-state index is 0.0451. The van der Waals surface area contributed by atoms with Gasteiger partial charge in [0.05, 0.1) is 6.10 Å². The highest BCUT2D eigenvalue weighted by Gasteiger charge is 2.18. The number of hydrogen-bond acceptors (Lipinski definition) is 6. The number of ether oxygens (including phenoxy) is 1. The van der Waals surface area contributed by atoms with E-state index in [-0.39, 0.29) is 6.10 Å². The SMILES string of the molecule is CNc1nc(NC2CCCC(C)CC2)nc(OC(C)C)n1. The van der Waals surface area contributed by atoms with E-state index < -0.39 is 0 Å². The number of nitrogens with one attached hydrogen (secondary N) is 2. The molecule has 1 aromatic heterocycles. The van der Waals surface area contributed by atoms with Crippen LogP contribution in [0.4, 0.5) is 11.9 Å². The Morgan fingerprint density at radius 1 is 1.05 bits per heavy atom. The van der Waals surface area contributed by atoms with Gasteiger partial charge in [-0.3, -0.25) is 0 Å². The van der Waals surface area contributed by atoms with Gasteiger partial charge in [-0.05, 0) is 39.0 Å². The number of nitrogens with zero attached hydrogens (tertiary/aromatic N) is 3. The third-order valence-corrected chi connectivity index (χ3v) is 3.77. The molecule has 2 N–H and O–H groups in total. The van der Waals surface area contributed by atoms with Gasteiger partial charge in [0.2, 0.25) is 11.9 Å². The molecule has 2 atom stereocenters. The molecule has 0 spiro atoms. The van der Waals surface area contributed by atoms with Gasteiger partial charge in [0.25, 0.3) is 0 Å². The molecule has 118 valence electrons. The zero-order valence-corrected chi connectivity index (χ0v) is 13.5. The maximum atomic E-state index is 5.59. The second-order valence-corrected chi connectivity index (χ2v) is 6.14. The van der Waals surface area contributed by atoms with Crippen LogP contribution in [0.3, 0.4) is 0 Å². The third kappa shape index (κ3) is 5.02. The lowest BCUT2D eigenvalue weighted by atomic mass is 10.0. The Hall–Kier alpha value is -1.59. The van der Waals surface area contributed by atoms with Crippen LogP contribution < -0.4 is 15.4 Å². The van der Waals surface area contributed by atoms with Crippen molar-refractivity contribution in [1.29, 1.82) is 0 Å². The molecule has 1 aliphatic rings. The molecule has 1 aliphatic carbocycles. The van der Waals surface area contributed by atoms with Crippen molar-refractivity contribution in [1.82, 2.24) is 15.0 Å². The molecule has 0 aromatic carbocycles. The van der Waals surface area contributed by atoms with Crippen LogP contribution in [0.2, 0.25) is 0 Å². The second-order valence-electron chi connectivity index (χ2n) is 6.14. The summed E-state index contributed by atoms with van der Waals surface area (Å²) in [5.41, 5.74) is 0. The van der Waals surface area contributed by atoms with Crippen LogP contribution in [-0.2, 0) is 0 Å². The molecular formula is C15H27N5O. The molecule has 0 bridgehead atoms. The van der Waals surface area contributed by atoms with Gasteiger partial charge in [-0.1, -0.05) is 19.8 Å². The van der Waals surface area contributed by atoms with Crippen molar-refractivity contribution in [3.63, 3.8) is 0 Å². The number of rotatable bonds is 5. The molecule has 1 saturated carbocycles. The predicted octanol–water partition coefficient (Wildman–Crippen LogP) is 3.08. The fraction of sp³-hybridized carbons (Fsp3) is 0.800. The molecule has 6 heteroatoms. The van der Waals surface area contributed by atoms with Crippen molar-refractivity contribution in [3.8, 4) is 6.01 Å². The molecule has 0 radical (unpaired) electrons. The van der Waals surface area contributed by atoms with Gasteiger partial charge in [-0.25, -0.2) is 0 Å². The minimum atomic E-state index is 0.0451. The Labute approximate surface area is 127 Å². The van der Waals surface area contributed by atoms with Gasteiger partial charge in [0.15, 0.2) is 0 Å². The first kappa shape index (κ1) is 15.8. The first-order chi connectivity index (χ1) is 10.1. The van der Waals surface area contributed by atoms with Gasteiger partial charge < -0.3 is 15.4 Å². The van der Waals surface area contributed by atoms with Crippen molar-refractivity contribution in [2.75, 3.05) is 17.7 Å². The van der Waals surface area contributed by atoms with E-state index in [9.17, 15) is 0 Å². The van der Waals surface area contributed by atoms with Crippen molar-refractivity contribution in [3.05, 3.63) is 0 Å². The first-order valence-electron chi connectivity index (χ1n) is 7.94. The summed E-state index contributed by atoms with van der Waals surface area (Å²) in [6.45, 7) is 6.25. The highest BCUT2D eigenvalue weighted by Crippen LogP contribution is 2.24. The van der Waals surface area contributed by atoms with Gasteiger partial charge >= 0.3 is 6.01 Å². The lowest BCUT2D eigenvalue weighted by Crippen LogP contribution is -2.21. The largest absolute Gasteiger partial charge is 0.461 e. The average molecular weight is 293 g/mol. The quantitative estimate of drug-likeness (QED) is 0.813. The highest BCUT2D eigenvalue weighted by atomic mass is 16.5. The zero-order chi connectivity index (χ0) is 15.2. The van der Waals surface area contributed by atoms with E-state index in [0.717, 1.165) is 5.92 Å². The number of aromatic nitrogens is 3. The molecule has 1 heterocycles. The molecule has 21 heavy (non-hydrogen) atoms. The lowest BCUT2D eigenvalue weighted by molar-refractivity contribution is 0.222. The van der Waals surface area contributed by atoms with E-state index in [1.54, 1.807) is 7.05 Å². The van der Waals surface area contributed by atoms with Crippen LogP contribution in [-0.4, -0.2) is 34.1 Å². The second kappa shape index (κ2) is 7.43. The number of anilines is 2. The summed E-state index contributed by atoms with van der Waals surface area (Å²) in [6, 6.07) is 0.808. The van der Waals surface area contributed by atoms with Crippen molar-refractivity contribution in [2.24, 2.45) is 5.92 Å². The van der Waals surface area contributed by atoms with Crippen LogP contribution in [0.1, 0.15) is 52.9 Å². The summed E-state index contributed by atoms with van der Waals surface area (Å²) in [7, 11) is 1.80. The Morgan fingerprint density at radius 3 is 2.52 bits per heavy atom. The normalized spacial score (nSPS) is 22.7. The van der Waals surface area contributed by atoms with Crippen molar-refractivity contribution < 1.29 is 4.74 Å². The van der Waals surface area contributed by atoms with Crippen LogP contribution in [0.5, 0.6) is 6.01 Å². The van der Waals surface area contributed by atoms with Crippen LogP contribution in [0.25, 0.3) is 0 Å². The van der Waals surface area contributed by atoms with Crippen molar-refractivity contribution >= 4 is 11.9 Å². The van der Waals surface area contributed by atoms with E-state index in [2.05, 4.69) is 32.5 Å². The minimum Gasteiger partial charge on any atom is -0.461 e. The summed E-state index contributed by atoms with van der Waals surface area (Å²) in [4.78, 5) is 13.0. The monoisotopic (exact) mass is 293 g/mol. The zero-order valence-electron chi connectivity index (χ0n) is 13.5. The Kier molecular flexibility index (Phi) is 5.59. The topological polar surface area (TPSA) is 72.0 Å². The summed E-state index contributed by atoms with van der Waals surface area (Å²) in [5.74, 6) is 1.96. The predicted molar refractivity (Wildman–Crippen MR) is 84.8 cm³/mol. The van der Waals surface area contributed by atoms with Gasteiger partial charge in [-0.2, -0.15) is 15.0 Å². The van der Waals surface area contributed by atoms with Gasteiger partial charge in [0.1, 0.15) is 0 Å². The smallest absolute Gasteiger partial charge is 0.323 e.